The molecule has 1 unspecified atom stereocenters. The Balaban J connectivity index is 3.24. The third-order valence-corrected chi connectivity index (χ3v) is 2.71. The fourth-order valence-corrected chi connectivity index (χ4v) is 1.71. The quantitative estimate of drug-likeness (QED) is 0.758. The zero-order valence-electron chi connectivity index (χ0n) is 7.77. The molecule has 0 spiro atoms. The maximum Gasteiger partial charge on any atom is 0.416 e. The third kappa shape index (κ3) is 2.72. The van der Waals surface area contributed by atoms with Gasteiger partial charge in [0.25, 0.3) is 0 Å². The van der Waals surface area contributed by atoms with E-state index in [0.717, 1.165) is 12.1 Å². The van der Waals surface area contributed by atoms with Gasteiger partial charge in [0.2, 0.25) is 0 Å². The molecule has 1 nitrogen and oxygen atoms in total. The molecule has 0 saturated carbocycles. The lowest BCUT2D eigenvalue weighted by Crippen LogP contribution is -2.06. The summed E-state index contributed by atoms with van der Waals surface area (Å²) in [5.74, 6) is -0.568. The molecule has 0 bridgehead atoms. The van der Waals surface area contributed by atoms with Crippen molar-refractivity contribution >= 4 is 15.9 Å². The molecule has 0 fully saturated rings. The van der Waals surface area contributed by atoms with Crippen molar-refractivity contribution in [1.29, 1.82) is 5.26 Å². The summed E-state index contributed by atoms with van der Waals surface area (Å²) in [6, 6.07) is 5.20. The number of hydrogen-bond acceptors (Lipinski definition) is 1. The van der Waals surface area contributed by atoms with E-state index in [-0.39, 0.29) is 0 Å². The summed E-state index contributed by atoms with van der Waals surface area (Å²) >= 11 is 3.12. The highest BCUT2D eigenvalue weighted by Crippen LogP contribution is 2.34. The fourth-order valence-electron chi connectivity index (χ4n) is 1.12. The first-order chi connectivity index (χ1) is 6.86. The molecule has 1 aromatic rings. The molecular weight excluding hydrogens is 271 g/mol. The number of alkyl halides is 3. The van der Waals surface area contributed by atoms with E-state index in [1.165, 1.54) is 6.07 Å². The lowest BCUT2D eigenvalue weighted by molar-refractivity contribution is -0.137. The number of nitrogens with zero attached hydrogens (tertiary/aromatic N) is 1. The zero-order valence-corrected chi connectivity index (χ0v) is 9.35. The predicted molar refractivity (Wildman–Crippen MR) is 53.2 cm³/mol. The minimum atomic E-state index is -4.37. The van der Waals surface area contributed by atoms with Gasteiger partial charge >= 0.3 is 6.18 Å². The second-order valence-corrected chi connectivity index (χ2v) is 3.94. The molecule has 1 aromatic carbocycles. The van der Waals surface area contributed by atoms with E-state index < -0.39 is 17.7 Å². The van der Waals surface area contributed by atoms with Crippen LogP contribution in [0.3, 0.4) is 0 Å². The Morgan fingerprint density at radius 1 is 1.40 bits per heavy atom. The van der Waals surface area contributed by atoms with Crippen LogP contribution in [0.5, 0.6) is 0 Å². The van der Waals surface area contributed by atoms with Crippen LogP contribution in [0.2, 0.25) is 0 Å². The van der Waals surface area contributed by atoms with E-state index in [1.807, 2.05) is 6.07 Å². The lowest BCUT2D eigenvalue weighted by Gasteiger charge is -2.11. The largest absolute Gasteiger partial charge is 0.416 e. The molecule has 80 valence electrons. The molecule has 0 aliphatic rings. The van der Waals surface area contributed by atoms with Crippen molar-refractivity contribution < 1.29 is 13.2 Å². The van der Waals surface area contributed by atoms with Crippen LogP contribution < -0.4 is 0 Å². The molecular formula is C10H7BrF3N. The van der Waals surface area contributed by atoms with E-state index in [2.05, 4.69) is 15.9 Å². The summed E-state index contributed by atoms with van der Waals surface area (Å²) in [6.07, 6.45) is -4.37. The summed E-state index contributed by atoms with van der Waals surface area (Å²) in [5, 5.41) is 8.65. The van der Waals surface area contributed by atoms with E-state index in [9.17, 15) is 13.2 Å². The van der Waals surface area contributed by atoms with Gasteiger partial charge in [0.15, 0.2) is 0 Å². The van der Waals surface area contributed by atoms with Crippen LogP contribution in [0.25, 0.3) is 0 Å². The summed E-state index contributed by atoms with van der Waals surface area (Å²) in [5.41, 5.74) is -0.380. The predicted octanol–water partition coefficient (Wildman–Crippen LogP) is 4.09. The molecule has 0 heterocycles. The van der Waals surface area contributed by atoms with Gasteiger partial charge in [0.1, 0.15) is 0 Å². The fraction of sp³-hybridized carbons (Fsp3) is 0.300. The molecule has 0 radical (unpaired) electrons. The highest BCUT2D eigenvalue weighted by molar-refractivity contribution is 9.10. The van der Waals surface area contributed by atoms with Crippen LogP contribution >= 0.6 is 15.9 Å². The SMILES string of the molecule is CC(C#N)c1cc(C(F)(F)F)ccc1Br. The molecule has 0 amide bonds. The van der Waals surface area contributed by atoms with Crippen LogP contribution in [0.4, 0.5) is 13.2 Å². The van der Waals surface area contributed by atoms with E-state index in [4.69, 9.17) is 5.26 Å². The van der Waals surface area contributed by atoms with Gasteiger partial charge < -0.3 is 0 Å². The number of nitriles is 1. The van der Waals surface area contributed by atoms with Gasteiger partial charge in [0.05, 0.1) is 17.6 Å². The van der Waals surface area contributed by atoms with Gasteiger partial charge in [-0.3, -0.25) is 0 Å². The Labute approximate surface area is 93.6 Å². The lowest BCUT2D eigenvalue weighted by atomic mass is 10.0. The van der Waals surface area contributed by atoms with Crippen molar-refractivity contribution in [2.75, 3.05) is 0 Å². The summed E-state index contributed by atoms with van der Waals surface area (Å²) in [7, 11) is 0. The minimum absolute atomic E-state index is 0.354. The maximum absolute atomic E-state index is 12.4. The van der Waals surface area contributed by atoms with E-state index >= 15 is 0 Å². The van der Waals surface area contributed by atoms with Gasteiger partial charge in [-0.05, 0) is 30.7 Å². The van der Waals surface area contributed by atoms with Gasteiger partial charge in [-0.15, -0.1) is 0 Å². The summed E-state index contributed by atoms with van der Waals surface area (Å²) < 4.78 is 37.6. The maximum atomic E-state index is 12.4. The van der Waals surface area contributed by atoms with Crippen LogP contribution in [0, 0.1) is 11.3 Å². The number of benzene rings is 1. The average Bonchev–Trinajstić information content (AvgIpc) is 2.15. The van der Waals surface area contributed by atoms with Crippen LogP contribution in [0.15, 0.2) is 22.7 Å². The van der Waals surface area contributed by atoms with Crippen molar-refractivity contribution in [2.24, 2.45) is 0 Å². The molecule has 1 atom stereocenters. The second-order valence-electron chi connectivity index (χ2n) is 3.08. The molecule has 0 saturated heterocycles. The van der Waals surface area contributed by atoms with Gasteiger partial charge in [-0.2, -0.15) is 18.4 Å². The first-order valence-electron chi connectivity index (χ1n) is 4.12. The minimum Gasteiger partial charge on any atom is -0.198 e. The molecule has 5 heteroatoms. The second kappa shape index (κ2) is 4.23. The smallest absolute Gasteiger partial charge is 0.198 e. The molecule has 0 aliphatic carbocycles. The van der Waals surface area contributed by atoms with Crippen LogP contribution in [0.1, 0.15) is 24.0 Å². The van der Waals surface area contributed by atoms with E-state index in [0.29, 0.717) is 10.0 Å². The Morgan fingerprint density at radius 3 is 2.47 bits per heavy atom. The highest BCUT2D eigenvalue weighted by atomic mass is 79.9. The van der Waals surface area contributed by atoms with Crippen molar-refractivity contribution in [2.45, 2.75) is 19.0 Å². The highest BCUT2D eigenvalue weighted by Gasteiger charge is 2.31. The third-order valence-electron chi connectivity index (χ3n) is 1.98. The number of halogens is 4. The molecule has 0 aromatic heterocycles. The van der Waals surface area contributed by atoms with Gasteiger partial charge in [-0.1, -0.05) is 15.9 Å². The topological polar surface area (TPSA) is 23.8 Å². The van der Waals surface area contributed by atoms with Gasteiger partial charge in [-0.25, -0.2) is 0 Å². The van der Waals surface area contributed by atoms with Crippen molar-refractivity contribution in [1.82, 2.24) is 0 Å². The van der Waals surface area contributed by atoms with Crippen LogP contribution in [-0.2, 0) is 6.18 Å². The molecule has 0 aliphatic heterocycles. The van der Waals surface area contributed by atoms with Crippen molar-refractivity contribution in [3.63, 3.8) is 0 Å². The first kappa shape index (κ1) is 12.1. The van der Waals surface area contributed by atoms with Crippen molar-refractivity contribution in [3.05, 3.63) is 33.8 Å². The average molecular weight is 278 g/mol. The monoisotopic (exact) mass is 277 g/mol. The summed E-state index contributed by atoms with van der Waals surface area (Å²) in [4.78, 5) is 0. The molecule has 15 heavy (non-hydrogen) atoms. The molecule has 1 rings (SSSR count). The van der Waals surface area contributed by atoms with E-state index in [1.54, 1.807) is 6.92 Å². The number of rotatable bonds is 1. The number of hydrogen-bond donors (Lipinski definition) is 0. The molecule has 0 N–H and O–H groups in total. The first-order valence-corrected chi connectivity index (χ1v) is 4.92. The van der Waals surface area contributed by atoms with Crippen molar-refractivity contribution in [3.8, 4) is 6.07 Å². The Kier molecular flexibility index (Phi) is 3.40. The van der Waals surface area contributed by atoms with Gasteiger partial charge in [0, 0.05) is 4.47 Å². The Morgan fingerprint density at radius 2 is 2.00 bits per heavy atom. The Hall–Kier alpha value is -1.02. The standard InChI is InChI=1S/C10H7BrF3N/c1-6(5-15)8-4-7(10(12,13)14)2-3-9(8)11/h2-4,6H,1H3. The van der Waals surface area contributed by atoms with Crippen LogP contribution in [-0.4, -0.2) is 0 Å². The Bertz CT molecular complexity index is 406. The summed E-state index contributed by atoms with van der Waals surface area (Å²) in [6.45, 7) is 1.56. The normalized spacial score (nSPS) is 13.3. The zero-order chi connectivity index (χ0) is 11.6.